The second-order valence-electron chi connectivity index (χ2n) is 6.29. The molecule has 2 unspecified atom stereocenters. The molecule has 0 aromatic heterocycles. The van der Waals surface area contributed by atoms with E-state index in [0.717, 1.165) is 12.8 Å². The van der Waals surface area contributed by atoms with Crippen LogP contribution in [0.3, 0.4) is 0 Å². The quantitative estimate of drug-likeness (QED) is 0.716. The predicted molar refractivity (Wildman–Crippen MR) is 75.5 cm³/mol. The van der Waals surface area contributed by atoms with Crippen LogP contribution in [-0.2, 0) is 9.59 Å². The summed E-state index contributed by atoms with van der Waals surface area (Å²) in [6.07, 6.45) is 1.66. The lowest BCUT2D eigenvalue weighted by Gasteiger charge is -2.47. The Morgan fingerprint density at radius 3 is 2.48 bits per heavy atom. The van der Waals surface area contributed by atoms with E-state index in [9.17, 15) is 14.4 Å². The molecule has 3 aliphatic rings. The lowest BCUT2D eigenvalue weighted by molar-refractivity contribution is -0.162. The number of carbonyl (C=O) groups is 3. The van der Waals surface area contributed by atoms with Gasteiger partial charge in [-0.1, -0.05) is 0 Å². The summed E-state index contributed by atoms with van der Waals surface area (Å²) < 4.78 is 0. The highest BCUT2D eigenvalue weighted by molar-refractivity contribution is 5.98. The number of hydrogen-bond donors (Lipinski definition) is 1. The average Bonchev–Trinajstić information content (AvgIpc) is 2.93. The van der Waals surface area contributed by atoms with Crippen LogP contribution in [0.25, 0.3) is 0 Å². The van der Waals surface area contributed by atoms with E-state index in [4.69, 9.17) is 0 Å². The fourth-order valence-electron chi connectivity index (χ4n) is 3.45. The molecule has 4 amide bonds. The number of rotatable bonds is 1. The number of urea groups is 1. The number of amides is 4. The maximum Gasteiger partial charge on any atom is 0.317 e. The van der Waals surface area contributed by atoms with Crippen molar-refractivity contribution in [2.24, 2.45) is 0 Å². The van der Waals surface area contributed by atoms with Gasteiger partial charge in [0, 0.05) is 25.7 Å². The second kappa shape index (κ2) is 5.20. The van der Waals surface area contributed by atoms with E-state index in [2.05, 4.69) is 5.32 Å². The molecule has 116 valence electrons. The fraction of sp³-hybridized carbons (Fsp3) is 0.786. The number of hydrogen-bond acceptors (Lipinski definition) is 3. The summed E-state index contributed by atoms with van der Waals surface area (Å²) in [5.74, 6) is 0.0557. The molecule has 7 nitrogen and oxygen atoms in total. The number of nitrogens with zero attached hydrogens (tertiary/aromatic N) is 3. The highest BCUT2D eigenvalue weighted by Crippen LogP contribution is 2.28. The first-order valence-electron chi connectivity index (χ1n) is 7.65. The Morgan fingerprint density at radius 2 is 1.76 bits per heavy atom. The van der Waals surface area contributed by atoms with Gasteiger partial charge in [0.2, 0.25) is 11.8 Å². The van der Waals surface area contributed by atoms with Crippen molar-refractivity contribution in [3.05, 3.63) is 0 Å². The highest BCUT2D eigenvalue weighted by atomic mass is 16.2. The first-order chi connectivity index (χ1) is 9.99. The van der Waals surface area contributed by atoms with E-state index in [1.54, 1.807) is 14.7 Å². The molecule has 1 N–H and O–H groups in total. The molecule has 2 atom stereocenters. The average molecular weight is 294 g/mol. The lowest BCUT2D eigenvalue weighted by atomic mass is 10.0. The van der Waals surface area contributed by atoms with Crippen molar-refractivity contribution in [1.82, 2.24) is 20.0 Å². The minimum Gasteiger partial charge on any atom is -0.336 e. The van der Waals surface area contributed by atoms with Gasteiger partial charge in [0.1, 0.15) is 12.1 Å². The minimum absolute atomic E-state index is 0.000790. The van der Waals surface area contributed by atoms with Crippen molar-refractivity contribution >= 4 is 17.8 Å². The molecule has 0 bridgehead atoms. The summed E-state index contributed by atoms with van der Waals surface area (Å²) in [4.78, 5) is 42.1. The van der Waals surface area contributed by atoms with E-state index in [-0.39, 0.29) is 29.9 Å². The first-order valence-corrected chi connectivity index (χ1v) is 7.65. The lowest BCUT2D eigenvalue weighted by Crippen LogP contribution is -2.69. The number of carbonyl (C=O) groups excluding carboxylic acids is 3. The monoisotopic (exact) mass is 294 g/mol. The van der Waals surface area contributed by atoms with Gasteiger partial charge in [-0.15, -0.1) is 0 Å². The van der Waals surface area contributed by atoms with Gasteiger partial charge in [0.15, 0.2) is 0 Å². The van der Waals surface area contributed by atoms with Crippen LogP contribution in [0.4, 0.5) is 4.79 Å². The Hall–Kier alpha value is -1.79. The first kappa shape index (κ1) is 14.2. The third kappa shape index (κ3) is 2.34. The van der Waals surface area contributed by atoms with Crippen molar-refractivity contribution in [2.75, 3.05) is 26.2 Å². The smallest absolute Gasteiger partial charge is 0.317 e. The van der Waals surface area contributed by atoms with E-state index in [1.807, 2.05) is 13.8 Å². The van der Waals surface area contributed by atoms with Crippen molar-refractivity contribution in [3.8, 4) is 0 Å². The topological polar surface area (TPSA) is 73.0 Å². The summed E-state index contributed by atoms with van der Waals surface area (Å²) in [5.41, 5.74) is 0. The fourth-order valence-corrected chi connectivity index (χ4v) is 3.45. The third-order valence-corrected chi connectivity index (χ3v) is 4.47. The molecule has 21 heavy (non-hydrogen) atoms. The Kier molecular flexibility index (Phi) is 3.51. The Labute approximate surface area is 124 Å². The normalized spacial score (nSPS) is 28.8. The van der Waals surface area contributed by atoms with Gasteiger partial charge in [-0.3, -0.25) is 9.59 Å². The molecule has 0 aliphatic carbocycles. The van der Waals surface area contributed by atoms with Crippen LogP contribution in [0.15, 0.2) is 0 Å². The van der Waals surface area contributed by atoms with Crippen molar-refractivity contribution in [1.29, 1.82) is 0 Å². The zero-order valence-corrected chi connectivity index (χ0v) is 12.5. The molecule has 0 aromatic rings. The summed E-state index contributed by atoms with van der Waals surface area (Å²) in [7, 11) is 0. The number of fused-ring (bicyclic) bond motifs is 2. The standard InChI is InChI=1S/C14H22N4O3/c1-9(2)15-14(21)16-6-7-18-11(8-16)13(20)17-5-3-4-10(17)12(18)19/h9-11H,3-8H2,1-2H3,(H,15,21). The summed E-state index contributed by atoms with van der Waals surface area (Å²) >= 11 is 0. The number of piperazine rings is 2. The van der Waals surface area contributed by atoms with Crippen LogP contribution in [0.2, 0.25) is 0 Å². The van der Waals surface area contributed by atoms with Crippen molar-refractivity contribution in [2.45, 2.75) is 44.8 Å². The molecule has 0 spiro atoms. The largest absolute Gasteiger partial charge is 0.336 e. The van der Waals surface area contributed by atoms with Gasteiger partial charge in [-0.25, -0.2) is 4.79 Å². The van der Waals surface area contributed by atoms with Gasteiger partial charge < -0.3 is 20.0 Å². The highest BCUT2D eigenvalue weighted by Gasteiger charge is 2.49. The maximum atomic E-state index is 12.6. The van der Waals surface area contributed by atoms with Crippen molar-refractivity contribution < 1.29 is 14.4 Å². The third-order valence-electron chi connectivity index (χ3n) is 4.47. The molecule has 3 fully saturated rings. The van der Waals surface area contributed by atoms with Crippen LogP contribution < -0.4 is 5.32 Å². The second-order valence-corrected chi connectivity index (χ2v) is 6.29. The molecule has 0 radical (unpaired) electrons. The maximum absolute atomic E-state index is 12.6. The van der Waals surface area contributed by atoms with Crippen LogP contribution >= 0.6 is 0 Å². The van der Waals surface area contributed by atoms with E-state index < -0.39 is 6.04 Å². The van der Waals surface area contributed by atoms with Crippen LogP contribution in [0.1, 0.15) is 26.7 Å². The summed E-state index contributed by atoms with van der Waals surface area (Å²) in [5, 5.41) is 2.84. The summed E-state index contributed by atoms with van der Waals surface area (Å²) in [6, 6.07) is -0.862. The van der Waals surface area contributed by atoms with Gasteiger partial charge in [-0.2, -0.15) is 0 Å². The van der Waals surface area contributed by atoms with Crippen LogP contribution in [-0.4, -0.2) is 76.8 Å². The van der Waals surface area contributed by atoms with E-state index in [0.29, 0.717) is 26.2 Å². The van der Waals surface area contributed by atoms with Crippen LogP contribution in [0, 0.1) is 0 Å². The molecular weight excluding hydrogens is 272 g/mol. The van der Waals surface area contributed by atoms with E-state index in [1.165, 1.54) is 0 Å². The number of nitrogens with one attached hydrogen (secondary N) is 1. The Morgan fingerprint density at radius 1 is 1.10 bits per heavy atom. The molecule has 0 aromatic carbocycles. The summed E-state index contributed by atoms with van der Waals surface area (Å²) in [6.45, 7) is 5.70. The molecule has 3 rings (SSSR count). The Balaban J connectivity index is 1.74. The zero-order chi connectivity index (χ0) is 15.1. The van der Waals surface area contributed by atoms with Gasteiger partial charge in [0.25, 0.3) is 0 Å². The Bertz CT molecular complexity index is 479. The SMILES string of the molecule is CC(C)NC(=O)N1CCN2C(=O)C3CCCN3C(=O)C2C1. The molecule has 7 heteroatoms. The molecular formula is C14H22N4O3. The van der Waals surface area contributed by atoms with E-state index >= 15 is 0 Å². The van der Waals surface area contributed by atoms with Crippen molar-refractivity contribution in [3.63, 3.8) is 0 Å². The zero-order valence-electron chi connectivity index (χ0n) is 12.5. The molecule has 0 saturated carbocycles. The van der Waals surface area contributed by atoms with Gasteiger partial charge in [-0.05, 0) is 26.7 Å². The predicted octanol–water partition coefficient (Wildman–Crippen LogP) is -0.378. The molecule has 3 heterocycles. The van der Waals surface area contributed by atoms with Crippen LogP contribution in [0.5, 0.6) is 0 Å². The minimum atomic E-state index is -0.501. The van der Waals surface area contributed by atoms with Gasteiger partial charge in [0.05, 0.1) is 6.54 Å². The molecule has 3 aliphatic heterocycles. The molecule has 3 saturated heterocycles. The van der Waals surface area contributed by atoms with Gasteiger partial charge >= 0.3 is 6.03 Å².